The molecule has 0 aliphatic rings. The van der Waals surface area contributed by atoms with Crippen LogP contribution in [0.15, 0.2) is 22.7 Å². The average molecular weight is 377 g/mol. The fraction of sp³-hybridized carbons (Fsp3) is 0.429. The molecular formula is C14H21BrN2O5. The molecule has 8 heteroatoms. The highest BCUT2D eigenvalue weighted by molar-refractivity contribution is 9.10. The van der Waals surface area contributed by atoms with E-state index in [1.54, 1.807) is 0 Å². The fourth-order valence-electron chi connectivity index (χ4n) is 1.33. The maximum atomic E-state index is 9.10. The molecule has 7 nitrogen and oxygen atoms in total. The van der Waals surface area contributed by atoms with Crippen molar-refractivity contribution >= 4 is 27.9 Å². The first-order valence-corrected chi connectivity index (χ1v) is 7.43. The van der Waals surface area contributed by atoms with Gasteiger partial charge in [0.1, 0.15) is 5.75 Å². The Morgan fingerprint density at radius 1 is 1.27 bits per heavy atom. The fourth-order valence-corrected chi connectivity index (χ4v) is 1.94. The molecular weight excluding hydrogens is 356 g/mol. The minimum Gasteiger partial charge on any atom is -0.492 e. The van der Waals surface area contributed by atoms with E-state index in [9.17, 15) is 0 Å². The first kappa shape index (κ1) is 20.4. The first-order chi connectivity index (χ1) is 10.4. The van der Waals surface area contributed by atoms with Crippen LogP contribution in [-0.4, -0.2) is 48.4 Å². The van der Waals surface area contributed by atoms with Gasteiger partial charge in [0, 0.05) is 13.1 Å². The van der Waals surface area contributed by atoms with Crippen molar-refractivity contribution in [3.05, 3.63) is 28.2 Å². The predicted octanol–water partition coefficient (Wildman–Crippen LogP) is 1.23. The Labute approximate surface area is 137 Å². The van der Waals surface area contributed by atoms with Gasteiger partial charge in [-0.15, -0.1) is 0 Å². The van der Waals surface area contributed by atoms with E-state index in [0.29, 0.717) is 6.54 Å². The maximum Gasteiger partial charge on any atom is 0.414 e. The van der Waals surface area contributed by atoms with Crippen molar-refractivity contribution in [1.29, 1.82) is 0 Å². The quantitative estimate of drug-likeness (QED) is 0.416. The van der Waals surface area contributed by atoms with Crippen LogP contribution in [0.25, 0.3) is 0 Å². The van der Waals surface area contributed by atoms with Gasteiger partial charge in [0.15, 0.2) is 0 Å². The molecule has 124 valence electrons. The van der Waals surface area contributed by atoms with Gasteiger partial charge in [-0.2, -0.15) is 0 Å². The van der Waals surface area contributed by atoms with Crippen LogP contribution in [-0.2, 0) is 9.59 Å². The van der Waals surface area contributed by atoms with E-state index in [0.717, 1.165) is 36.3 Å². The molecule has 0 saturated heterocycles. The molecule has 0 aromatic heterocycles. The molecule has 0 radical (unpaired) electrons. The zero-order chi connectivity index (χ0) is 17.0. The Hall–Kier alpha value is -1.64. The number of aryl methyl sites for hydroxylation is 1. The molecule has 22 heavy (non-hydrogen) atoms. The Morgan fingerprint density at radius 2 is 1.91 bits per heavy atom. The second kappa shape index (κ2) is 12.0. The minimum atomic E-state index is -1.82. The van der Waals surface area contributed by atoms with Crippen molar-refractivity contribution in [1.82, 2.24) is 5.32 Å². The van der Waals surface area contributed by atoms with Crippen LogP contribution in [0.4, 0.5) is 0 Å². The summed E-state index contributed by atoms with van der Waals surface area (Å²) in [5, 5.41) is 18.0. The third-order valence-corrected chi connectivity index (χ3v) is 2.97. The molecule has 1 aromatic rings. The maximum absolute atomic E-state index is 9.10. The highest BCUT2D eigenvalue weighted by atomic mass is 79.9. The van der Waals surface area contributed by atoms with Gasteiger partial charge >= 0.3 is 11.9 Å². The van der Waals surface area contributed by atoms with Gasteiger partial charge in [0.25, 0.3) is 0 Å². The summed E-state index contributed by atoms with van der Waals surface area (Å²) in [6.07, 6.45) is 0.986. The normalized spacial score (nSPS) is 9.59. The molecule has 0 fully saturated rings. The topological polar surface area (TPSA) is 122 Å². The number of carboxylic acid groups (broad SMARTS) is 2. The number of rotatable bonds is 7. The molecule has 0 heterocycles. The first-order valence-electron chi connectivity index (χ1n) is 6.64. The summed E-state index contributed by atoms with van der Waals surface area (Å²) in [5.41, 5.74) is 6.59. The van der Waals surface area contributed by atoms with Crippen molar-refractivity contribution in [2.45, 2.75) is 13.3 Å². The molecule has 0 bridgehead atoms. The van der Waals surface area contributed by atoms with Crippen LogP contribution in [0.1, 0.15) is 12.0 Å². The van der Waals surface area contributed by atoms with Gasteiger partial charge in [0.2, 0.25) is 0 Å². The summed E-state index contributed by atoms with van der Waals surface area (Å²) in [6.45, 7) is 5.28. The summed E-state index contributed by atoms with van der Waals surface area (Å²) >= 11 is 3.48. The molecule has 0 unspecified atom stereocenters. The lowest BCUT2D eigenvalue weighted by Gasteiger charge is -2.09. The van der Waals surface area contributed by atoms with Crippen molar-refractivity contribution in [2.24, 2.45) is 5.73 Å². The molecule has 0 saturated carbocycles. The predicted molar refractivity (Wildman–Crippen MR) is 86.2 cm³/mol. The second-order valence-electron chi connectivity index (χ2n) is 4.28. The summed E-state index contributed by atoms with van der Waals surface area (Å²) in [5.74, 6) is -2.74. The lowest BCUT2D eigenvalue weighted by molar-refractivity contribution is -0.159. The average Bonchev–Trinajstić information content (AvgIpc) is 2.45. The Kier molecular flexibility index (Phi) is 11.1. The number of halogens is 1. The molecule has 0 aliphatic carbocycles. The number of carbonyl (C=O) groups is 2. The van der Waals surface area contributed by atoms with Crippen LogP contribution in [0.3, 0.4) is 0 Å². The van der Waals surface area contributed by atoms with E-state index < -0.39 is 11.9 Å². The van der Waals surface area contributed by atoms with Crippen LogP contribution in [0, 0.1) is 6.92 Å². The number of nitrogens with two attached hydrogens (primary N) is 1. The van der Waals surface area contributed by atoms with E-state index >= 15 is 0 Å². The molecule has 0 spiro atoms. The summed E-state index contributed by atoms with van der Waals surface area (Å²) in [6, 6.07) is 6.10. The third-order valence-electron chi connectivity index (χ3n) is 2.35. The van der Waals surface area contributed by atoms with E-state index in [4.69, 9.17) is 30.3 Å². The number of hydrogen-bond acceptors (Lipinski definition) is 5. The van der Waals surface area contributed by atoms with Crippen molar-refractivity contribution in [3.8, 4) is 5.75 Å². The SMILES string of the molecule is Cc1ccc(OCCCNCCN)c(Br)c1.O=C(O)C(=O)O. The Bertz CT molecular complexity index is 470. The van der Waals surface area contributed by atoms with E-state index in [2.05, 4.69) is 34.2 Å². The molecule has 0 atom stereocenters. The number of aliphatic carboxylic acids is 2. The number of hydrogen-bond donors (Lipinski definition) is 4. The van der Waals surface area contributed by atoms with Gasteiger partial charge in [-0.05, 0) is 53.5 Å². The van der Waals surface area contributed by atoms with Gasteiger partial charge in [-0.25, -0.2) is 9.59 Å². The van der Waals surface area contributed by atoms with Crippen LogP contribution < -0.4 is 15.8 Å². The van der Waals surface area contributed by atoms with Gasteiger partial charge in [0.05, 0.1) is 11.1 Å². The third kappa shape index (κ3) is 10.1. The highest BCUT2D eigenvalue weighted by Gasteiger charge is 2.04. The molecule has 1 aromatic carbocycles. The molecule has 1 rings (SSSR count). The summed E-state index contributed by atoms with van der Waals surface area (Å²) < 4.78 is 6.67. The Morgan fingerprint density at radius 3 is 2.41 bits per heavy atom. The summed E-state index contributed by atoms with van der Waals surface area (Å²) in [7, 11) is 0. The van der Waals surface area contributed by atoms with E-state index in [1.807, 2.05) is 12.1 Å². The van der Waals surface area contributed by atoms with Gasteiger partial charge in [-0.1, -0.05) is 6.07 Å². The highest BCUT2D eigenvalue weighted by Crippen LogP contribution is 2.25. The number of carboxylic acids is 2. The number of nitrogens with one attached hydrogen (secondary N) is 1. The van der Waals surface area contributed by atoms with Crippen molar-refractivity contribution in [3.63, 3.8) is 0 Å². The molecule has 0 aliphatic heterocycles. The zero-order valence-electron chi connectivity index (χ0n) is 12.3. The summed E-state index contributed by atoms with van der Waals surface area (Å²) in [4.78, 5) is 18.2. The number of benzene rings is 1. The van der Waals surface area contributed by atoms with E-state index in [-0.39, 0.29) is 0 Å². The van der Waals surface area contributed by atoms with Gasteiger partial charge < -0.3 is 26.0 Å². The smallest absolute Gasteiger partial charge is 0.414 e. The number of ether oxygens (including phenoxy) is 1. The van der Waals surface area contributed by atoms with Crippen molar-refractivity contribution < 1.29 is 24.5 Å². The minimum absolute atomic E-state index is 0.685. The zero-order valence-corrected chi connectivity index (χ0v) is 13.9. The van der Waals surface area contributed by atoms with E-state index in [1.165, 1.54) is 5.56 Å². The van der Waals surface area contributed by atoms with Gasteiger partial charge in [-0.3, -0.25) is 0 Å². The van der Waals surface area contributed by atoms with Crippen LogP contribution in [0.2, 0.25) is 0 Å². The largest absolute Gasteiger partial charge is 0.492 e. The molecule has 5 N–H and O–H groups in total. The van der Waals surface area contributed by atoms with Crippen molar-refractivity contribution in [2.75, 3.05) is 26.2 Å². The standard InChI is InChI=1S/C12H19BrN2O.C2H2O4/c1-10-3-4-12(11(13)9-10)16-8-2-6-15-7-5-14;3-1(4)2(5)6/h3-4,9,15H,2,5-8,14H2,1H3;(H,3,4)(H,5,6). The Balaban J connectivity index is 0.000000626. The molecule has 0 amide bonds. The van der Waals surface area contributed by atoms with Crippen LogP contribution >= 0.6 is 15.9 Å². The monoisotopic (exact) mass is 376 g/mol. The second-order valence-corrected chi connectivity index (χ2v) is 5.14. The van der Waals surface area contributed by atoms with Crippen LogP contribution in [0.5, 0.6) is 5.75 Å². The lowest BCUT2D eigenvalue weighted by Crippen LogP contribution is -2.24. The lowest BCUT2D eigenvalue weighted by atomic mass is 10.2.